The molecule has 0 bridgehead atoms. The van der Waals surface area contributed by atoms with Crippen molar-refractivity contribution in [3.8, 4) is 0 Å². The average molecular weight is 671 g/mol. The van der Waals surface area contributed by atoms with E-state index in [1.54, 1.807) is 69.3 Å². The molecule has 43 heavy (non-hydrogen) atoms. The number of carbonyl (C=O) groups excluding carboxylic acids is 1. The van der Waals surface area contributed by atoms with Crippen molar-refractivity contribution in [2.45, 2.75) is 70.3 Å². The number of hydrogen-bond donors (Lipinski definition) is 1. The van der Waals surface area contributed by atoms with Crippen LogP contribution in [0.5, 0.6) is 0 Å². The van der Waals surface area contributed by atoms with Gasteiger partial charge in [0, 0.05) is 20.3 Å². The first-order valence-electron chi connectivity index (χ1n) is 14.1. The minimum absolute atomic E-state index is 0.00859. The van der Waals surface area contributed by atoms with Crippen LogP contribution in [-0.2, 0) is 21.2 Å². The monoisotopic (exact) mass is 669 g/mol. The highest BCUT2D eigenvalue weighted by molar-refractivity contribution is 9.10. The number of halogens is 1. The average Bonchev–Trinajstić information content (AvgIpc) is 3.23. The molecule has 0 saturated heterocycles. The number of carbonyl (C=O) groups is 1. The van der Waals surface area contributed by atoms with Gasteiger partial charge >= 0.3 is 6.09 Å². The Morgan fingerprint density at radius 2 is 1.72 bits per heavy atom. The molecule has 0 spiro atoms. The molecule has 0 aliphatic carbocycles. The molecule has 1 aromatic heterocycles. The first-order valence-corrected chi connectivity index (χ1v) is 16.4. The van der Waals surface area contributed by atoms with Gasteiger partial charge in [0.25, 0.3) is 10.0 Å². The van der Waals surface area contributed by atoms with Crippen LogP contribution in [0.15, 0.2) is 76.1 Å². The lowest BCUT2D eigenvalue weighted by molar-refractivity contribution is -0.481. The number of hydrogen-bond acceptors (Lipinski definition) is 6. The summed E-state index contributed by atoms with van der Waals surface area (Å²) in [5.74, 6) is -0.976. The van der Waals surface area contributed by atoms with E-state index in [9.17, 15) is 23.3 Å². The number of sulfonamides is 1. The van der Waals surface area contributed by atoms with E-state index in [0.717, 1.165) is 28.4 Å². The predicted octanol–water partition coefficient (Wildman–Crippen LogP) is 8.05. The number of ether oxygens (including phenoxy) is 1. The van der Waals surface area contributed by atoms with Crippen molar-refractivity contribution in [2.75, 3.05) is 11.3 Å². The fourth-order valence-corrected chi connectivity index (χ4v) is 6.40. The molecule has 0 aliphatic heterocycles. The third-order valence-electron chi connectivity index (χ3n) is 7.01. The predicted molar refractivity (Wildman–Crippen MR) is 172 cm³/mol. The van der Waals surface area contributed by atoms with Gasteiger partial charge < -0.3 is 4.74 Å². The molecule has 0 fully saturated rings. The summed E-state index contributed by atoms with van der Waals surface area (Å²) < 4.78 is 38.2. The Morgan fingerprint density at radius 3 is 2.30 bits per heavy atom. The van der Waals surface area contributed by atoms with Crippen molar-refractivity contribution in [1.82, 2.24) is 4.57 Å². The number of fused-ring (bicyclic) bond motifs is 1. The van der Waals surface area contributed by atoms with Crippen LogP contribution in [-0.4, -0.2) is 36.1 Å². The second-order valence-electron chi connectivity index (χ2n) is 11.5. The zero-order chi connectivity index (χ0) is 31.5. The Balaban J connectivity index is 2.13. The van der Waals surface area contributed by atoms with Gasteiger partial charge in [-0.05, 0) is 82.0 Å². The van der Waals surface area contributed by atoms with Crippen LogP contribution >= 0.6 is 15.9 Å². The van der Waals surface area contributed by atoms with E-state index >= 15 is 0 Å². The van der Waals surface area contributed by atoms with E-state index < -0.39 is 39.1 Å². The fourth-order valence-electron chi connectivity index (χ4n) is 5.07. The number of nitro groups is 1. The zero-order valence-electron chi connectivity index (χ0n) is 24.9. The van der Waals surface area contributed by atoms with Crippen LogP contribution in [0.4, 0.5) is 10.6 Å². The molecule has 0 radical (unpaired) electrons. The number of benzene rings is 3. The summed E-state index contributed by atoms with van der Waals surface area (Å²) in [6, 6.07) is 18.9. The molecule has 0 amide bonds. The number of rotatable bonds is 10. The van der Waals surface area contributed by atoms with E-state index in [1.165, 1.54) is 16.7 Å². The lowest BCUT2D eigenvalue weighted by atomic mass is 9.88. The summed E-state index contributed by atoms with van der Waals surface area (Å²) in [7, 11) is -4.24. The van der Waals surface area contributed by atoms with E-state index in [-0.39, 0.29) is 10.7 Å². The van der Waals surface area contributed by atoms with Crippen molar-refractivity contribution < 1.29 is 22.9 Å². The quantitative estimate of drug-likeness (QED) is 0.135. The highest BCUT2D eigenvalue weighted by Crippen LogP contribution is 2.43. The minimum atomic E-state index is -4.24. The van der Waals surface area contributed by atoms with Gasteiger partial charge in [-0.25, -0.2) is 17.8 Å². The maximum atomic E-state index is 13.9. The molecule has 3 aromatic carbocycles. The number of aryl methyl sites for hydroxylation is 2. The zero-order valence-corrected chi connectivity index (χ0v) is 27.3. The third-order valence-corrected chi connectivity index (χ3v) is 8.89. The normalized spacial score (nSPS) is 12.7. The van der Waals surface area contributed by atoms with Gasteiger partial charge in [-0.2, -0.15) is 0 Å². The SMILES string of the molecule is CCCCc1cccc2c1c(C(C[N+](=O)[O-])c1ccc(Br)cc1)c(NS(=O)(=O)c1ccc(C)cc1)n2C(=O)OC(C)(C)C. The summed E-state index contributed by atoms with van der Waals surface area (Å²) in [5.41, 5.74) is 2.20. The van der Waals surface area contributed by atoms with Crippen LogP contribution in [0.2, 0.25) is 0 Å². The number of unbranched alkanes of at least 4 members (excludes halogenated alkanes) is 1. The maximum Gasteiger partial charge on any atom is 0.420 e. The van der Waals surface area contributed by atoms with E-state index in [0.29, 0.717) is 28.5 Å². The number of nitrogens with zero attached hydrogens (tertiary/aromatic N) is 2. The Morgan fingerprint density at radius 1 is 1.07 bits per heavy atom. The molecule has 4 aromatic rings. The van der Waals surface area contributed by atoms with Gasteiger partial charge in [0.1, 0.15) is 11.4 Å². The maximum absolute atomic E-state index is 13.9. The summed E-state index contributed by atoms with van der Waals surface area (Å²) >= 11 is 3.43. The smallest absolute Gasteiger partial charge is 0.420 e. The third kappa shape index (κ3) is 7.45. The molecule has 4 rings (SSSR count). The van der Waals surface area contributed by atoms with Crippen LogP contribution in [0.25, 0.3) is 10.9 Å². The van der Waals surface area contributed by atoms with E-state index in [1.807, 2.05) is 13.0 Å². The Kier molecular flexibility index (Phi) is 9.66. The van der Waals surface area contributed by atoms with Crippen LogP contribution in [0.1, 0.15) is 68.7 Å². The summed E-state index contributed by atoms with van der Waals surface area (Å²) in [6.45, 7) is 8.54. The van der Waals surface area contributed by atoms with Crippen molar-refractivity contribution in [3.63, 3.8) is 0 Å². The first-order chi connectivity index (χ1) is 20.2. The molecule has 1 heterocycles. The fraction of sp³-hybridized carbons (Fsp3) is 0.344. The van der Waals surface area contributed by atoms with Crippen molar-refractivity contribution >= 4 is 48.8 Å². The second-order valence-corrected chi connectivity index (χ2v) is 14.1. The molecule has 1 unspecified atom stereocenters. The highest BCUT2D eigenvalue weighted by Gasteiger charge is 2.35. The van der Waals surface area contributed by atoms with Gasteiger partial charge in [0.05, 0.1) is 16.3 Å². The summed E-state index contributed by atoms with van der Waals surface area (Å²) in [5, 5.41) is 12.7. The molecule has 1 atom stereocenters. The van der Waals surface area contributed by atoms with Gasteiger partial charge in [-0.3, -0.25) is 14.8 Å². The van der Waals surface area contributed by atoms with Crippen molar-refractivity contribution in [2.24, 2.45) is 0 Å². The highest BCUT2D eigenvalue weighted by atomic mass is 79.9. The molecular weight excluding hydrogens is 634 g/mol. The molecular formula is C32H36BrN3O6S. The van der Waals surface area contributed by atoms with Crippen molar-refractivity contribution in [1.29, 1.82) is 0 Å². The lowest BCUT2D eigenvalue weighted by Gasteiger charge is -2.22. The molecule has 9 nitrogen and oxygen atoms in total. The molecule has 0 aliphatic rings. The Hall–Kier alpha value is -3.70. The van der Waals surface area contributed by atoms with Gasteiger partial charge in [-0.1, -0.05) is 71.2 Å². The molecule has 0 saturated carbocycles. The van der Waals surface area contributed by atoms with Gasteiger partial charge in [0.2, 0.25) is 6.54 Å². The van der Waals surface area contributed by atoms with Crippen LogP contribution < -0.4 is 4.72 Å². The Labute approximate surface area is 260 Å². The van der Waals surface area contributed by atoms with E-state index in [4.69, 9.17) is 4.74 Å². The number of aromatic nitrogens is 1. The molecule has 1 N–H and O–H groups in total. The standard InChI is InChI=1S/C32H36BrN3O6S/c1-6-7-9-23-10-8-11-27-28(23)29(26(20-35(38)39)22-14-16-24(33)17-15-22)30(36(27)31(37)42-32(3,4)5)34-43(40,41)25-18-12-21(2)13-19-25/h8,10-19,26,34H,6-7,9,20H2,1-5H3. The largest absolute Gasteiger partial charge is 0.443 e. The van der Waals surface area contributed by atoms with Crippen molar-refractivity contribution in [3.05, 3.63) is 104 Å². The molecule has 228 valence electrons. The van der Waals surface area contributed by atoms with Crippen LogP contribution in [0.3, 0.4) is 0 Å². The second kappa shape index (κ2) is 12.9. The number of anilines is 1. The minimum Gasteiger partial charge on any atom is -0.443 e. The Bertz CT molecular complexity index is 1740. The lowest BCUT2D eigenvalue weighted by Crippen LogP contribution is -2.29. The van der Waals surface area contributed by atoms with E-state index in [2.05, 4.69) is 27.6 Å². The summed E-state index contributed by atoms with van der Waals surface area (Å²) in [6.07, 6.45) is 1.57. The van der Waals surface area contributed by atoms with Gasteiger partial charge in [-0.15, -0.1) is 0 Å². The van der Waals surface area contributed by atoms with Crippen LogP contribution in [0, 0.1) is 17.0 Å². The molecule has 11 heteroatoms. The van der Waals surface area contributed by atoms with Gasteiger partial charge in [0.15, 0.2) is 0 Å². The first kappa shape index (κ1) is 32.2. The summed E-state index contributed by atoms with van der Waals surface area (Å²) in [4.78, 5) is 25.6. The number of nitrogens with one attached hydrogen (secondary N) is 1. The topological polar surface area (TPSA) is 121 Å².